The van der Waals surface area contributed by atoms with Crippen LogP contribution in [0.15, 0.2) is 36.7 Å². The minimum atomic E-state index is -0.161. The lowest BCUT2D eigenvalue weighted by atomic mass is 10.1. The molecular weight excluding hydrogens is 326 g/mol. The molecule has 7 heteroatoms. The third kappa shape index (κ3) is 3.34. The number of hydrogen-bond donors (Lipinski definition) is 1. The summed E-state index contributed by atoms with van der Waals surface area (Å²) in [5.41, 5.74) is 7.09. The van der Waals surface area contributed by atoms with Crippen molar-refractivity contribution >= 4 is 23.3 Å². The number of carbonyl (C=O) groups is 1. The van der Waals surface area contributed by atoms with E-state index in [9.17, 15) is 4.79 Å². The first kappa shape index (κ1) is 16.7. The summed E-state index contributed by atoms with van der Waals surface area (Å²) in [6, 6.07) is 8.08. The summed E-state index contributed by atoms with van der Waals surface area (Å²) < 4.78 is 0. The lowest BCUT2D eigenvalue weighted by Crippen LogP contribution is -2.49. The largest absolute Gasteiger partial charge is 0.382 e. The Bertz CT molecular complexity index is 730. The molecule has 0 radical (unpaired) electrons. The second-order valence-electron chi connectivity index (χ2n) is 5.82. The molecule has 24 heavy (non-hydrogen) atoms. The lowest BCUT2D eigenvalue weighted by Gasteiger charge is -2.38. The molecule has 3 rings (SSSR count). The minimum absolute atomic E-state index is 0.161. The van der Waals surface area contributed by atoms with E-state index in [1.807, 2.05) is 24.3 Å². The standard InChI is InChI=1S/C17H20ClN5O/c1-12(13-4-2-3-5-14(13)18)22-8-10-23(11-9-22)17(24)15-16(19)21-7-6-20-15/h2-7,12H,8-11H2,1H3,(H2,19,21)/t12-/m1/s1. The summed E-state index contributed by atoms with van der Waals surface area (Å²) >= 11 is 6.29. The van der Waals surface area contributed by atoms with Gasteiger partial charge in [0.25, 0.3) is 5.91 Å². The van der Waals surface area contributed by atoms with Crippen LogP contribution in [0, 0.1) is 0 Å². The number of nitrogen functional groups attached to an aromatic ring is 1. The Hall–Kier alpha value is -2.18. The Morgan fingerprint density at radius 2 is 1.83 bits per heavy atom. The van der Waals surface area contributed by atoms with Gasteiger partial charge in [0.2, 0.25) is 0 Å². The van der Waals surface area contributed by atoms with Crippen molar-refractivity contribution in [2.45, 2.75) is 13.0 Å². The van der Waals surface area contributed by atoms with Crippen LogP contribution in [-0.4, -0.2) is 51.9 Å². The van der Waals surface area contributed by atoms with Gasteiger partial charge in [0.05, 0.1) is 0 Å². The Balaban J connectivity index is 1.65. The molecule has 1 saturated heterocycles. The molecule has 2 aromatic rings. The van der Waals surface area contributed by atoms with E-state index >= 15 is 0 Å². The maximum absolute atomic E-state index is 12.5. The van der Waals surface area contributed by atoms with E-state index in [2.05, 4.69) is 21.8 Å². The van der Waals surface area contributed by atoms with E-state index < -0.39 is 0 Å². The minimum Gasteiger partial charge on any atom is -0.382 e. The predicted octanol–water partition coefficient (Wildman–Crippen LogP) is 2.23. The van der Waals surface area contributed by atoms with Crippen molar-refractivity contribution in [3.63, 3.8) is 0 Å². The zero-order valence-corrected chi connectivity index (χ0v) is 14.3. The molecule has 1 amide bonds. The van der Waals surface area contributed by atoms with Crippen LogP contribution in [0.4, 0.5) is 5.82 Å². The zero-order valence-electron chi connectivity index (χ0n) is 13.5. The van der Waals surface area contributed by atoms with Gasteiger partial charge in [0.15, 0.2) is 11.5 Å². The van der Waals surface area contributed by atoms with E-state index in [4.69, 9.17) is 17.3 Å². The predicted molar refractivity (Wildman–Crippen MR) is 93.8 cm³/mol. The fourth-order valence-corrected chi connectivity index (χ4v) is 3.28. The first-order valence-electron chi connectivity index (χ1n) is 7.92. The number of benzene rings is 1. The number of halogens is 1. The number of piperazine rings is 1. The Morgan fingerprint density at radius 3 is 2.50 bits per heavy atom. The van der Waals surface area contributed by atoms with Gasteiger partial charge in [0, 0.05) is 49.6 Å². The van der Waals surface area contributed by atoms with Crippen LogP contribution in [0.1, 0.15) is 29.0 Å². The van der Waals surface area contributed by atoms with Gasteiger partial charge in [-0.25, -0.2) is 9.97 Å². The zero-order chi connectivity index (χ0) is 17.1. The van der Waals surface area contributed by atoms with Crippen LogP contribution in [0.2, 0.25) is 5.02 Å². The highest BCUT2D eigenvalue weighted by Gasteiger charge is 2.27. The quantitative estimate of drug-likeness (QED) is 0.923. The molecule has 6 nitrogen and oxygen atoms in total. The first-order chi connectivity index (χ1) is 11.6. The van der Waals surface area contributed by atoms with Crippen LogP contribution in [-0.2, 0) is 0 Å². The van der Waals surface area contributed by atoms with E-state index in [0.717, 1.165) is 23.7 Å². The molecular formula is C17H20ClN5O. The molecule has 1 aromatic heterocycles. The molecule has 0 unspecified atom stereocenters. The van der Waals surface area contributed by atoms with Gasteiger partial charge in [-0.3, -0.25) is 9.69 Å². The highest BCUT2D eigenvalue weighted by molar-refractivity contribution is 6.31. The molecule has 0 saturated carbocycles. The summed E-state index contributed by atoms with van der Waals surface area (Å²) in [5.74, 6) is 0.0139. The maximum Gasteiger partial charge on any atom is 0.276 e. The Morgan fingerprint density at radius 1 is 1.17 bits per heavy atom. The number of rotatable bonds is 3. The average molecular weight is 346 g/mol. The van der Waals surface area contributed by atoms with Crippen LogP contribution < -0.4 is 5.73 Å². The van der Waals surface area contributed by atoms with Crippen molar-refractivity contribution in [2.75, 3.05) is 31.9 Å². The van der Waals surface area contributed by atoms with E-state index in [0.29, 0.717) is 13.1 Å². The van der Waals surface area contributed by atoms with Crippen molar-refractivity contribution in [3.8, 4) is 0 Å². The lowest BCUT2D eigenvalue weighted by molar-refractivity contribution is 0.0577. The fraction of sp³-hybridized carbons (Fsp3) is 0.353. The molecule has 1 aliphatic heterocycles. The van der Waals surface area contributed by atoms with Crippen molar-refractivity contribution < 1.29 is 4.79 Å². The van der Waals surface area contributed by atoms with Crippen molar-refractivity contribution in [1.29, 1.82) is 0 Å². The molecule has 0 spiro atoms. The third-order valence-electron chi connectivity index (χ3n) is 4.43. The molecule has 126 valence electrons. The van der Waals surface area contributed by atoms with Crippen LogP contribution in [0.3, 0.4) is 0 Å². The molecule has 2 N–H and O–H groups in total. The summed E-state index contributed by atoms with van der Waals surface area (Å²) in [4.78, 5) is 24.6. The van der Waals surface area contributed by atoms with Gasteiger partial charge in [-0.05, 0) is 18.6 Å². The highest BCUT2D eigenvalue weighted by atomic mass is 35.5. The van der Waals surface area contributed by atoms with Crippen molar-refractivity contribution in [1.82, 2.24) is 19.8 Å². The molecule has 0 aliphatic carbocycles. The maximum atomic E-state index is 12.5. The third-order valence-corrected chi connectivity index (χ3v) is 4.78. The van der Waals surface area contributed by atoms with E-state index in [-0.39, 0.29) is 23.5 Å². The first-order valence-corrected chi connectivity index (χ1v) is 8.30. The van der Waals surface area contributed by atoms with Gasteiger partial charge in [-0.2, -0.15) is 0 Å². The number of carbonyl (C=O) groups excluding carboxylic acids is 1. The second kappa shape index (κ2) is 7.15. The average Bonchev–Trinajstić information content (AvgIpc) is 2.61. The summed E-state index contributed by atoms with van der Waals surface area (Å²) in [6.07, 6.45) is 2.97. The molecule has 1 atom stereocenters. The number of nitrogens with two attached hydrogens (primary N) is 1. The summed E-state index contributed by atoms with van der Waals surface area (Å²) in [5, 5.41) is 0.774. The van der Waals surface area contributed by atoms with Crippen LogP contribution >= 0.6 is 11.6 Å². The van der Waals surface area contributed by atoms with E-state index in [1.54, 1.807) is 4.90 Å². The van der Waals surface area contributed by atoms with Gasteiger partial charge < -0.3 is 10.6 Å². The normalized spacial score (nSPS) is 16.8. The van der Waals surface area contributed by atoms with Gasteiger partial charge in [0.1, 0.15) is 0 Å². The molecule has 2 heterocycles. The Kier molecular flexibility index (Phi) is 4.97. The number of hydrogen-bond acceptors (Lipinski definition) is 5. The molecule has 1 aromatic carbocycles. The van der Waals surface area contributed by atoms with Crippen LogP contribution in [0.25, 0.3) is 0 Å². The molecule has 1 fully saturated rings. The topological polar surface area (TPSA) is 75.3 Å². The van der Waals surface area contributed by atoms with E-state index in [1.165, 1.54) is 12.4 Å². The van der Waals surface area contributed by atoms with Crippen molar-refractivity contribution in [2.24, 2.45) is 0 Å². The number of anilines is 1. The van der Waals surface area contributed by atoms with Gasteiger partial charge >= 0.3 is 0 Å². The highest BCUT2D eigenvalue weighted by Crippen LogP contribution is 2.28. The molecule has 1 aliphatic rings. The number of nitrogens with zero attached hydrogens (tertiary/aromatic N) is 4. The fourth-order valence-electron chi connectivity index (χ4n) is 2.99. The molecule has 0 bridgehead atoms. The van der Waals surface area contributed by atoms with Crippen LogP contribution in [0.5, 0.6) is 0 Å². The SMILES string of the molecule is C[C@H](c1ccccc1Cl)N1CCN(C(=O)c2nccnc2N)CC1. The van der Waals surface area contributed by atoms with Gasteiger partial charge in [-0.1, -0.05) is 29.8 Å². The summed E-state index contributed by atoms with van der Waals surface area (Å²) in [6.45, 7) is 4.95. The second-order valence-corrected chi connectivity index (χ2v) is 6.22. The summed E-state index contributed by atoms with van der Waals surface area (Å²) in [7, 11) is 0. The monoisotopic (exact) mass is 345 g/mol. The van der Waals surface area contributed by atoms with Gasteiger partial charge in [-0.15, -0.1) is 0 Å². The smallest absolute Gasteiger partial charge is 0.276 e. The number of amides is 1. The van der Waals surface area contributed by atoms with Crippen molar-refractivity contribution in [3.05, 3.63) is 52.9 Å². The Labute approximate surface area is 146 Å². The number of aromatic nitrogens is 2.